The topological polar surface area (TPSA) is 91.8 Å². The highest BCUT2D eigenvalue weighted by atomic mass is 16.6. The minimum atomic E-state index is -0.456. The molecule has 3 aromatic rings. The Morgan fingerprint density at radius 3 is 2.55 bits per heavy atom. The van der Waals surface area contributed by atoms with E-state index in [2.05, 4.69) is 0 Å². The lowest BCUT2D eigenvalue weighted by molar-refractivity contribution is -0.385. The highest BCUT2D eigenvalue weighted by Crippen LogP contribution is 2.33. The van der Waals surface area contributed by atoms with E-state index in [4.69, 9.17) is 13.9 Å². The van der Waals surface area contributed by atoms with Gasteiger partial charge in [-0.15, -0.1) is 0 Å². The summed E-state index contributed by atoms with van der Waals surface area (Å²) < 4.78 is 16.8. The Kier molecular flexibility index (Phi) is 4.96. The number of hydrogen-bond donors (Lipinski definition) is 0. The van der Waals surface area contributed by atoms with Crippen LogP contribution in [0.4, 0.5) is 5.69 Å². The predicted octanol–water partition coefficient (Wildman–Crippen LogP) is 4.48. The van der Waals surface area contributed by atoms with Crippen LogP contribution in [-0.2, 0) is 19.4 Å². The lowest BCUT2D eigenvalue weighted by Crippen LogP contribution is -2.16. The van der Waals surface area contributed by atoms with Crippen LogP contribution in [0.5, 0.6) is 11.5 Å². The summed E-state index contributed by atoms with van der Waals surface area (Å²) in [6.07, 6.45) is 3.71. The Balaban J connectivity index is 1.69. The molecule has 0 saturated heterocycles. The van der Waals surface area contributed by atoms with Gasteiger partial charge in [-0.05, 0) is 56.4 Å². The second kappa shape index (κ2) is 7.58. The molecule has 0 spiro atoms. The lowest BCUT2D eigenvalue weighted by atomic mass is 9.90. The van der Waals surface area contributed by atoms with E-state index in [0.717, 1.165) is 47.8 Å². The molecule has 0 amide bonds. The molecule has 1 aliphatic carbocycles. The molecule has 0 aliphatic heterocycles. The number of rotatable bonds is 5. The summed E-state index contributed by atoms with van der Waals surface area (Å²) in [6, 6.07) is 8.16. The molecule has 1 aliphatic rings. The Morgan fingerprint density at radius 2 is 1.83 bits per heavy atom. The number of hydrogen-bond acceptors (Lipinski definition) is 6. The van der Waals surface area contributed by atoms with Crippen molar-refractivity contribution in [2.24, 2.45) is 0 Å². The third kappa shape index (κ3) is 3.44. The van der Waals surface area contributed by atoms with E-state index in [1.165, 1.54) is 19.2 Å². The third-order valence-electron chi connectivity index (χ3n) is 5.45. The molecule has 0 atom stereocenters. The Bertz CT molecular complexity index is 1160. The molecule has 0 unspecified atom stereocenters. The highest BCUT2D eigenvalue weighted by molar-refractivity contribution is 5.86. The van der Waals surface area contributed by atoms with Gasteiger partial charge in [0.2, 0.25) is 0 Å². The van der Waals surface area contributed by atoms with Crippen LogP contribution in [0, 0.1) is 17.0 Å². The van der Waals surface area contributed by atoms with E-state index in [9.17, 15) is 14.9 Å². The largest absolute Gasteiger partial charge is 0.496 e. The zero-order valence-corrected chi connectivity index (χ0v) is 16.3. The van der Waals surface area contributed by atoms with Crippen molar-refractivity contribution in [1.29, 1.82) is 0 Å². The molecule has 0 bridgehead atoms. The summed E-state index contributed by atoms with van der Waals surface area (Å²) in [4.78, 5) is 23.0. The molecular formula is C22H21NO6. The number of methoxy groups -OCH3 is 1. The predicted molar refractivity (Wildman–Crippen MR) is 108 cm³/mol. The fraction of sp³-hybridized carbons (Fsp3) is 0.318. The first kappa shape index (κ1) is 19.0. The number of non-ortho nitro benzene ring substituents is 1. The molecule has 2 aromatic carbocycles. The first-order valence-electron chi connectivity index (χ1n) is 9.52. The highest BCUT2D eigenvalue weighted by Gasteiger charge is 2.20. The summed E-state index contributed by atoms with van der Waals surface area (Å²) in [7, 11) is 1.50. The Morgan fingerprint density at radius 1 is 1.10 bits per heavy atom. The number of nitro groups is 1. The smallest absolute Gasteiger partial charge is 0.339 e. The standard InChI is InChI=1S/C22H21NO6/c1-13-19(28-12-14-11-15(23(25)26)7-9-20(14)27-2)10-8-17-16-5-3-4-6-18(16)22(24)29-21(13)17/h7-11H,3-6,12H2,1-2H3. The molecule has 1 heterocycles. The van der Waals surface area contributed by atoms with E-state index in [1.807, 2.05) is 19.1 Å². The Hall–Kier alpha value is -3.35. The van der Waals surface area contributed by atoms with E-state index in [0.29, 0.717) is 22.6 Å². The second-order valence-corrected chi connectivity index (χ2v) is 7.16. The van der Waals surface area contributed by atoms with Gasteiger partial charge in [-0.2, -0.15) is 0 Å². The van der Waals surface area contributed by atoms with Gasteiger partial charge in [0.25, 0.3) is 5.69 Å². The molecule has 4 rings (SSSR count). The molecule has 7 nitrogen and oxygen atoms in total. The van der Waals surface area contributed by atoms with Crippen LogP contribution in [-0.4, -0.2) is 12.0 Å². The quantitative estimate of drug-likeness (QED) is 0.359. The van der Waals surface area contributed by atoms with Gasteiger partial charge in [-0.25, -0.2) is 4.79 Å². The SMILES string of the molecule is COc1ccc([N+](=O)[O-])cc1COc1ccc2c3c(c(=O)oc2c1C)CCCC3. The molecule has 1 aromatic heterocycles. The van der Waals surface area contributed by atoms with Crippen molar-refractivity contribution in [3.8, 4) is 11.5 Å². The van der Waals surface area contributed by atoms with Crippen LogP contribution in [0.2, 0.25) is 0 Å². The summed E-state index contributed by atoms with van der Waals surface area (Å²) in [6.45, 7) is 1.94. The van der Waals surface area contributed by atoms with E-state index in [1.54, 1.807) is 6.07 Å². The zero-order chi connectivity index (χ0) is 20.5. The summed E-state index contributed by atoms with van der Waals surface area (Å²) in [5.41, 5.74) is 3.41. The number of ether oxygens (including phenoxy) is 2. The van der Waals surface area contributed by atoms with Crippen LogP contribution in [0.25, 0.3) is 11.0 Å². The van der Waals surface area contributed by atoms with Gasteiger partial charge in [0, 0.05) is 34.2 Å². The number of nitrogens with zero attached hydrogens (tertiary/aromatic N) is 1. The monoisotopic (exact) mass is 395 g/mol. The summed E-state index contributed by atoms with van der Waals surface area (Å²) in [5, 5.41) is 12.0. The van der Waals surface area contributed by atoms with Gasteiger partial charge in [-0.1, -0.05) is 0 Å². The minimum absolute atomic E-state index is 0.0303. The molecule has 0 saturated carbocycles. The fourth-order valence-corrected chi connectivity index (χ4v) is 3.93. The molecule has 150 valence electrons. The van der Waals surface area contributed by atoms with Gasteiger partial charge in [0.1, 0.15) is 23.7 Å². The first-order chi connectivity index (χ1) is 14.0. The average Bonchev–Trinajstić information content (AvgIpc) is 2.73. The van der Waals surface area contributed by atoms with Crippen molar-refractivity contribution >= 4 is 16.7 Å². The Labute approximate surface area is 167 Å². The fourth-order valence-electron chi connectivity index (χ4n) is 3.93. The summed E-state index contributed by atoms with van der Waals surface area (Å²) in [5.74, 6) is 1.07. The van der Waals surface area contributed by atoms with Crippen LogP contribution in [0.1, 0.15) is 35.1 Å². The van der Waals surface area contributed by atoms with Gasteiger partial charge in [-0.3, -0.25) is 10.1 Å². The number of fused-ring (bicyclic) bond motifs is 3. The number of nitro benzene ring substituents is 1. The molecule has 0 radical (unpaired) electrons. The molecule has 0 fully saturated rings. The van der Waals surface area contributed by atoms with Crippen LogP contribution < -0.4 is 15.1 Å². The van der Waals surface area contributed by atoms with E-state index >= 15 is 0 Å². The van der Waals surface area contributed by atoms with Crippen molar-refractivity contribution in [1.82, 2.24) is 0 Å². The van der Waals surface area contributed by atoms with Crippen molar-refractivity contribution in [2.45, 2.75) is 39.2 Å². The van der Waals surface area contributed by atoms with Crippen molar-refractivity contribution in [3.63, 3.8) is 0 Å². The molecule has 7 heteroatoms. The molecule has 29 heavy (non-hydrogen) atoms. The normalized spacial score (nSPS) is 13.2. The second-order valence-electron chi connectivity index (χ2n) is 7.16. The van der Waals surface area contributed by atoms with Crippen LogP contribution in [0.3, 0.4) is 0 Å². The molecule has 0 N–H and O–H groups in total. The third-order valence-corrected chi connectivity index (χ3v) is 5.45. The molecular weight excluding hydrogens is 374 g/mol. The van der Waals surface area contributed by atoms with Gasteiger partial charge < -0.3 is 13.9 Å². The maximum atomic E-state index is 12.4. The van der Waals surface area contributed by atoms with E-state index < -0.39 is 4.92 Å². The van der Waals surface area contributed by atoms with Gasteiger partial charge in [0.15, 0.2) is 0 Å². The van der Waals surface area contributed by atoms with Crippen molar-refractivity contribution in [2.75, 3.05) is 7.11 Å². The van der Waals surface area contributed by atoms with Gasteiger partial charge in [0.05, 0.1) is 12.0 Å². The number of benzene rings is 2. The maximum absolute atomic E-state index is 12.4. The van der Waals surface area contributed by atoms with Crippen molar-refractivity contribution < 1.29 is 18.8 Å². The van der Waals surface area contributed by atoms with Crippen LogP contribution in [0.15, 0.2) is 39.5 Å². The van der Waals surface area contributed by atoms with E-state index in [-0.39, 0.29) is 17.9 Å². The summed E-state index contributed by atoms with van der Waals surface area (Å²) >= 11 is 0. The average molecular weight is 395 g/mol. The lowest BCUT2D eigenvalue weighted by Gasteiger charge is -2.18. The van der Waals surface area contributed by atoms with Crippen LogP contribution >= 0.6 is 0 Å². The minimum Gasteiger partial charge on any atom is -0.496 e. The maximum Gasteiger partial charge on any atom is 0.339 e. The number of aryl methyl sites for hydroxylation is 2. The first-order valence-corrected chi connectivity index (χ1v) is 9.52. The van der Waals surface area contributed by atoms with Gasteiger partial charge >= 0.3 is 5.63 Å². The zero-order valence-electron chi connectivity index (χ0n) is 16.3. The van der Waals surface area contributed by atoms with Crippen molar-refractivity contribution in [3.05, 3.63) is 73.1 Å².